The van der Waals surface area contributed by atoms with E-state index in [9.17, 15) is 0 Å². The third-order valence-corrected chi connectivity index (χ3v) is 5.51. The van der Waals surface area contributed by atoms with E-state index in [0.29, 0.717) is 5.92 Å². The van der Waals surface area contributed by atoms with Gasteiger partial charge in [0.2, 0.25) is 0 Å². The summed E-state index contributed by atoms with van der Waals surface area (Å²) in [6.45, 7) is 16.1. The van der Waals surface area contributed by atoms with Crippen LogP contribution in [0.2, 0.25) is 0 Å². The van der Waals surface area contributed by atoms with Crippen LogP contribution in [-0.2, 0) is 13.0 Å². The number of aryl methyl sites for hydroxylation is 3. The Labute approximate surface area is 176 Å². The molecule has 0 aliphatic rings. The monoisotopic (exact) mass is 384 g/mol. The molecule has 0 N–H and O–H groups in total. The molecule has 0 bridgehead atoms. The zero-order valence-corrected chi connectivity index (χ0v) is 18.9. The van der Waals surface area contributed by atoms with Crippen molar-refractivity contribution in [2.75, 3.05) is 0 Å². The van der Waals surface area contributed by atoms with Crippen LogP contribution in [0, 0.1) is 38.5 Å². The molecular weight excluding hydrogens is 352 g/mol. The van der Waals surface area contributed by atoms with Crippen LogP contribution in [0.5, 0.6) is 0 Å². The molecule has 0 radical (unpaired) electrons. The highest BCUT2D eigenvalue weighted by atomic mass is 15.3. The molecule has 2 heteroatoms. The van der Waals surface area contributed by atoms with Crippen molar-refractivity contribution in [3.05, 3.63) is 64.3 Å². The summed E-state index contributed by atoms with van der Waals surface area (Å²) in [5, 5.41) is 5.07. The highest BCUT2D eigenvalue weighted by Crippen LogP contribution is 2.37. The van der Waals surface area contributed by atoms with E-state index < -0.39 is 0 Å². The van der Waals surface area contributed by atoms with Gasteiger partial charge in [-0.1, -0.05) is 51.0 Å². The van der Waals surface area contributed by atoms with Crippen LogP contribution < -0.4 is 0 Å². The van der Waals surface area contributed by atoms with Gasteiger partial charge in [0.25, 0.3) is 0 Å². The van der Waals surface area contributed by atoms with Gasteiger partial charge in [0.05, 0.1) is 0 Å². The summed E-state index contributed by atoms with van der Waals surface area (Å²) in [6.07, 6.45) is 1.06. The van der Waals surface area contributed by atoms with Crippen LogP contribution in [0.25, 0.3) is 22.4 Å². The molecule has 29 heavy (non-hydrogen) atoms. The van der Waals surface area contributed by atoms with Gasteiger partial charge in [0, 0.05) is 28.9 Å². The van der Waals surface area contributed by atoms with Crippen molar-refractivity contribution >= 4 is 0 Å². The lowest BCUT2D eigenvalue weighted by Gasteiger charge is -2.13. The maximum Gasteiger partial charge on any atom is 0.100 e. The number of hydrogen-bond acceptors (Lipinski definition) is 1. The van der Waals surface area contributed by atoms with Gasteiger partial charge in [-0.2, -0.15) is 5.10 Å². The van der Waals surface area contributed by atoms with E-state index in [-0.39, 0.29) is 0 Å². The molecule has 1 heterocycles. The first kappa shape index (κ1) is 20.9. The van der Waals surface area contributed by atoms with Gasteiger partial charge < -0.3 is 0 Å². The van der Waals surface area contributed by atoms with E-state index in [4.69, 9.17) is 5.10 Å². The number of hydrogen-bond donors (Lipinski definition) is 0. The first-order valence-electron chi connectivity index (χ1n) is 10.6. The van der Waals surface area contributed by atoms with E-state index in [2.05, 4.69) is 94.5 Å². The first-order chi connectivity index (χ1) is 13.8. The summed E-state index contributed by atoms with van der Waals surface area (Å²) >= 11 is 0. The molecule has 0 fully saturated rings. The van der Waals surface area contributed by atoms with Gasteiger partial charge in [-0.05, 0) is 74.4 Å². The molecule has 2 nitrogen and oxygen atoms in total. The molecule has 1 aromatic heterocycles. The molecule has 150 valence electrons. The molecule has 0 unspecified atom stereocenters. The maximum absolute atomic E-state index is 5.07. The van der Waals surface area contributed by atoms with Crippen LogP contribution in [0.4, 0.5) is 0 Å². The first-order valence-corrected chi connectivity index (χ1v) is 10.6. The Morgan fingerprint density at radius 2 is 1.69 bits per heavy atom. The zero-order chi connectivity index (χ0) is 21.1. The van der Waals surface area contributed by atoms with E-state index in [1.165, 1.54) is 33.5 Å². The second-order valence-electron chi connectivity index (χ2n) is 8.28. The number of benzene rings is 2. The van der Waals surface area contributed by atoms with Crippen molar-refractivity contribution < 1.29 is 0 Å². The van der Waals surface area contributed by atoms with E-state index >= 15 is 0 Å². The minimum Gasteiger partial charge on any atom is -0.268 e. The zero-order valence-electron chi connectivity index (χ0n) is 18.9. The Bertz CT molecular complexity index is 1070. The van der Waals surface area contributed by atoms with Crippen LogP contribution in [-0.4, -0.2) is 9.78 Å². The third kappa shape index (κ3) is 4.30. The summed E-state index contributed by atoms with van der Waals surface area (Å²) in [5.41, 5.74) is 11.1. The molecule has 0 amide bonds. The molecule has 0 aliphatic carbocycles. The highest BCUT2D eigenvalue weighted by Gasteiger charge is 2.20. The fraction of sp³-hybridized carbons (Fsp3) is 0.370. The predicted molar refractivity (Wildman–Crippen MR) is 124 cm³/mol. The summed E-state index contributed by atoms with van der Waals surface area (Å²) in [6, 6.07) is 13.2. The molecule has 0 saturated carbocycles. The Kier molecular flexibility index (Phi) is 6.28. The quantitative estimate of drug-likeness (QED) is 0.446. The summed E-state index contributed by atoms with van der Waals surface area (Å²) in [7, 11) is 0. The molecule has 0 spiro atoms. The van der Waals surface area contributed by atoms with Crippen LogP contribution >= 0.6 is 0 Å². The van der Waals surface area contributed by atoms with Crippen LogP contribution in [0.3, 0.4) is 0 Å². The Morgan fingerprint density at radius 3 is 2.28 bits per heavy atom. The summed E-state index contributed by atoms with van der Waals surface area (Å²) in [5.74, 6) is 6.64. The Balaban J connectivity index is 2.23. The van der Waals surface area contributed by atoms with Crippen molar-refractivity contribution in [3.63, 3.8) is 0 Å². The Morgan fingerprint density at radius 1 is 1.00 bits per heavy atom. The average Bonchev–Trinajstić information content (AvgIpc) is 2.99. The Hall–Kier alpha value is -2.79. The van der Waals surface area contributed by atoms with E-state index in [0.717, 1.165) is 29.8 Å². The lowest BCUT2D eigenvalue weighted by Crippen LogP contribution is -2.07. The second-order valence-corrected chi connectivity index (χ2v) is 8.28. The van der Waals surface area contributed by atoms with Crippen LogP contribution in [0.15, 0.2) is 36.4 Å². The second kappa shape index (κ2) is 8.70. The van der Waals surface area contributed by atoms with E-state index in [1.807, 2.05) is 6.92 Å². The molecule has 3 aromatic rings. The van der Waals surface area contributed by atoms with Crippen molar-refractivity contribution in [1.82, 2.24) is 9.78 Å². The van der Waals surface area contributed by atoms with Gasteiger partial charge in [0.1, 0.15) is 5.69 Å². The predicted octanol–water partition coefficient (Wildman–Crippen LogP) is 6.73. The van der Waals surface area contributed by atoms with Gasteiger partial charge in [0.15, 0.2) is 0 Å². The van der Waals surface area contributed by atoms with Crippen molar-refractivity contribution in [2.45, 2.75) is 61.4 Å². The summed E-state index contributed by atoms with van der Waals surface area (Å²) in [4.78, 5) is 0. The maximum atomic E-state index is 5.07. The standard InChI is InChI=1S/C27H32N2/c1-8-10-22-11-13-24(14-12-22)27-26(21(7)29(28-27)17-18(3)4)25-16-19(5)23(9-2)15-20(25)6/h11-16,18H,9,17H2,1-7H3. The summed E-state index contributed by atoms with van der Waals surface area (Å²) < 4.78 is 2.18. The minimum absolute atomic E-state index is 0.543. The van der Waals surface area contributed by atoms with Gasteiger partial charge >= 0.3 is 0 Å². The van der Waals surface area contributed by atoms with Crippen LogP contribution in [0.1, 0.15) is 55.6 Å². The fourth-order valence-electron chi connectivity index (χ4n) is 3.98. The van der Waals surface area contributed by atoms with Crippen molar-refractivity contribution in [1.29, 1.82) is 0 Å². The molecule has 0 saturated heterocycles. The van der Waals surface area contributed by atoms with Gasteiger partial charge in [-0.25, -0.2) is 0 Å². The van der Waals surface area contributed by atoms with Gasteiger partial charge in [-0.15, -0.1) is 5.92 Å². The number of nitrogens with zero attached hydrogens (tertiary/aromatic N) is 2. The van der Waals surface area contributed by atoms with Gasteiger partial charge in [-0.3, -0.25) is 4.68 Å². The van der Waals surface area contributed by atoms with Crippen molar-refractivity contribution in [2.24, 2.45) is 5.92 Å². The molecular formula is C27H32N2. The smallest absolute Gasteiger partial charge is 0.100 e. The molecule has 2 aromatic carbocycles. The molecule has 0 aliphatic heterocycles. The normalized spacial score (nSPS) is 10.9. The lowest BCUT2D eigenvalue weighted by molar-refractivity contribution is 0.476. The number of rotatable bonds is 5. The third-order valence-electron chi connectivity index (χ3n) is 5.51. The number of aromatic nitrogens is 2. The highest BCUT2D eigenvalue weighted by molar-refractivity contribution is 5.85. The largest absolute Gasteiger partial charge is 0.268 e. The van der Waals surface area contributed by atoms with E-state index in [1.54, 1.807) is 0 Å². The lowest BCUT2D eigenvalue weighted by atomic mass is 9.91. The van der Waals surface area contributed by atoms with Crippen molar-refractivity contribution in [3.8, 4) is 34.2 Å². The molecule has 3 rings (SSSR count). The topological polar surface area (TPSA) is 17.8 Å². The SMILES string of the molecule is CC#Cc1ccc(-c2nn(CC(C)C)c(C)c2-c2cc(C)c(CC)cc2C)cc1. The minimum atomic E-state index is 0.543. The average molecular weight is 385 g/mol. The fourth-order valence-corrected chi connectivity index (χ4v) is 3.98. The molecule has 0 atom stereocenters.